The predicted octanol–water partition coefficient (Wildman–Crippen LogP) is 8.00. The second-order valence-electron chi connectivity index (χ2n) is 12.9. The Bertz CT molecular complexity index is 1070. The van der Waals surface area contributed by atoms with Gasteiger partial charge in [-0.2, -0.15) is 0 Å². The lowest BCUT2D eigenvalue weighted by Gasteiger charge is -2.50. The first-order valence-corrected chi connectivity index (χ1v) is 16.5. The molecule has 38 heavy (non-hydrogen) atoms. The molecule has 4 rings (SSSR count). The Balaban J connectivity index is 1.53. The molecule has 3 aromatic rings. The molecule has 1 aliphatic rings. The summed E-state index contributed by atoms with van der Waals surface area (Å²) in [6, 6.07) is 32.7. The van der Waals surface area contributed by atoms with E-state index in [4.69, 9.17) is 9.16 Å². The molecule has 1 saturated carbocycles. The van der Waals surface area contributed by atoms with E-state index in [0.717, 1.165) is 19.4 Å². The van der Waals surface area contributed by atoms with Gasteiger partial charge < -0.3 is 9.16 Å². The molecule has 0 radical (unpaired) electrons. The maximum atomic E-state index is 7.59. The molecular formula is C35H48O2Si. The maximum Gasteiger partial charge on any atom is 0.261 e. The molecule has 3 heteroatoms. The molecule has 0 aromatic heterocycles. The van der Waals surface area contributed by atoms with Gasteiger partial charge in [0.25, 0.3) is 8.32 Å². The average molecular weight is 529 g/mol. The first-order valence-electron chi connectivity index (χ1n) is 14.6. The number of benzene rings is 3. The third-order valence-corrected chi connectivity index (χ3v) is 14.3. The van der Waals surface area contributed by atoms with Crippen LogP contribution in [0.4, 0.5) is 0 Å². The van der Waals surface area contributed by atoms with E-state index in [1.165, 1.54) is 28.8 Å². The van der Waals surface area contributed by atoms with Gasteiger partial charge >= 0.3 is 0 Å². The van der Waals surface area contributed by atoms with Crippen LogP contribution in [0.5, 0.6) is 0 Å². The van der Waals surface area contributed by atoms with E-state index in [0.29, 0.717) is 18.4 Å². The predicted molar refractivity (Wildman–Crippen MR) is 163 cm³/mol. The minimum absolute atomic E-state index is 0.00768. The number of rotatable bonds is 10. The first-order chi connectivity index (χ1) is 18.2. The standard InChI is InChI=1S/C35H48O2Si/c1-28(26-36-27-30-17-10-7-11-18-30)29(2)35(6)24-16-19-31(25-35)37-38(34(3,4)5,32-20-12-8-13-21-32)33-22-14-9-15-23-33/h7-15,17-18,20-23,28-29,31H,16,19,24-27H2,1-6H3/t28-,29-,31-,35-/m0/s1. The molecule has 0 amide bonds. The Kier molecular flexibility index (Phi) is 9.34. The highest BCUT2D eigenvalue weighted by Crippen LogP contribution is 2.48. The minimum Gasteiger partial charge on any atom is -0.404 e. The van der Waals surface area contributed by atoms with Crippen molar-refractivity contribution in [2.24, 2.45) is 17.3 Å². The monoisotopic (exact) mass is 528 g/mol. The highest BCUT2D eigenvalue weighted by molar-refractivity contribution is 6.99. The topological polar surface area (TPSA) is 18.5 Å². The largest absolute Gasteiger partial charge is 0.404 e. The van der Waals surface area contributed by atoms with Crippen LogP contribution in [0.3, 0.4) is 0 Å². The van der Waals surface area contributed by atoms with Gasteiger partial charge in [-0.25, -0.2) is 0 Å². The number of hydrogen-bond acceptors (Lipinski definition) is 2. The van der Waals surface area contributed by atoms with Gasteiger partial charge in [0.15, 0.2) is 0 Å². The Labute approximate surface area is 232 Å². The van der Waals surface area contributed by atoms with Gasteiger partial charge in [-0.1, -0.05) is 139 Å². The molecule has 0 saturated heterocycles. The van der Waals surface area contributed by atoms with Crippen LogP contribution in [-0.4, -0.2) is 21.0 Å². The summed E-state index contributed by atoms with van der Waals surface area (Å²) in [5, 5.41) is 2.76. The second-order valence-corrected chi connectivity index (χ2v) is 17.2. The van der Waals surface area contributed by atoms with Gasteiger partial charge in [0.1, 0.15) is 0 Å². The normalized spacial score (nSPS) is 22.1. The van der Waals surface area contributed by atoms with E-state index in [2.05, 4.69) is 133 Å². The molecule has 204 valence electrons. The third kappa shape index (κ3) is 6.33. The lowest BCUT2D eigenvalue weighted by Crippen LogP contribution is -2.68. The van der Waals surface area contributed by atoms with E-state index in [1.54, 1.807) is 0 Å². The molecular weight excluding hydrogens is 480 g/mol. The van der Waals surface area contributed by atoms with Gasteiger partial charge in [-0.3, -0.25) is 0 Å². The van der Waals surface area contributed by atoms with Crippen LogP contribution >= 0.6 is 0 Å². The van der Waals surface area contributed by atoms with Crippen molar-refractivity contribution in [1.29, 1.82) is 0 Å². The Morgan fingerprint density at radius 3 is 1.89 bits per heavy atom. The third-order valence-electron chi connectivity index (χ3n) is 9.17. The first kappa shape index (κ1) is 28.8. The fourth-order valence-corrected chi connectivity index (χ4v) is 11.4. The van der Waals surface area contributed by atoms with Gasteiger partial charge in [0.2, 0.25) is 0 Å². The summed E-state index contributed by atoms with van der Waals surface area (Å²) >= 11 is 0. The summed E-state index contributed by atoms with van der Waals surface area (Å²) in [5.41, 5.74) is 1.49. The van der Waals surface area contributed by atoms with Gasteiger partial charge in [-0.05, 0) is 57.5 Å². The maximum absolute atomic E-state index is 7.59. The van der Waals surface area contributed by atoms with Gasteiger partial charge in [0, 0.05) is 12.7 Å². The van der Waals surface area contributed by atoms with Crippen molar-refractivity contribution >= 4 is 18.7 Å². The van der Waals surface area contributed by atoms with E-state index in [1.807, 2.05) is 0 Å². The van der Waals surface area contributed by atoms with Crippen LogP contribution in [0.15, 0.2) is 91.0 Å². The van der Waals surface area contributed by atoms with Crippen LogP contribution in [0.25, 0.3) is 0 Å². The SMILES string of the molecule is C[C@@H](COCc1ccccc1)[C@H](C)[C@@]1(C)CCC[C@H](O[Si](c2ccccc2)(c2ccccc2)C(C)(C)C)C1. The van der Waals surface area contributed by atoms with Crippen LogP contribution in [0, 0.1) is 17.3 Å². The van der Waals surface area contributed by atoms with E-state index in [-0.39, 0.29) is 16.6 Å². The van der Waals surface area contributed by atoms with Gasteiger partial charge in [-0.15, -0.1) is 0 Å². The Morgan fingerprint density at radius 1 is 0.842 bits per heavy atom. The van der Waals surface area contributed by atoms with Crippen molar-refractivity contribution in [1.82, 2.24) is 0 Å². The molecule has 3 aromatic carbocycles. The molecule has 1 aliphatic carbocycles. The minimum atomic E-state index is -2.54. The molecule has 0 bridgehead atoms. The zero-order valence-corrected chi connectivity index (χ0v) is 25.5. The number of hydrogen-bond donors (Lipinski definition) is 0. The van der Waals surface area contributed by atoms with E-state index in [9.17, 15) is 0 Å². The average Bonchev–Trinajstić information content (AvgIpc) is 2.92. The summed E-state index contributed by atoms with van der Waals surface area (Å²) in [6.07, 6.45) is 5.01. The molecule has 0 aliphatic heterocycles. The Hall–Kier alpha value is -2.20. The summed E-state index contributed by atoms with van der Waals surface area (Å²) in [5.74, 6) is 1.05. The highest BCUT2D eigenvalue weighted by atomic mass is 28.4. The molecule has 0 heterocycles. The van der Waals surface area contributed by atoms with Crippen molar-refractivity contribution in [3.05, 3.63) is 96.6 Å². The van der Waals surface area contributed by atoms with Crippen molar-refractivity contribution in [2.75, 3.05) is 6.61 Å². The summed E-state index contributed by atoms with van der Waals surface area (Å²) in [6.45, 7) is 16.0. The number of ether oxygens (including phenoxy) is 1. The summed E-state index contributed by atoms with van der Waals surface area (Å²) < 4.78 is 13.8. The summed E-state index contributed by atoms with van der Waals surface area (Å²) in [7, 11) is -2.54. The molecule has 0 unspecified atom stereocenters. The summed E-state index contributed by atoms with van der Waals surface area (Å²) in [4.78, 5) is 0. The molecule has 4 atom stereocenters. The van der Waals surface area contributed by atoms with Crippen LogP contribution < -0.4 is 10.4 Å². The molecule has 2 nitrogen and oxygen atoms in total. The smallest absolute Gasteiger partial charge is 0.261 e. The fraction of sp³-hybridized carbons (Fsp3) is 0.486. The highest BCUT2D eigenvalue weighted by Gasteiger charge is 2.52. The molecule has 0 N–H and O–H groups in total. The Morgan fingerprint density at radius 2 is 1.37 bits per heavy atom. The lowest BCUT2D eigenvalue weighted by molar-refractivity contribution is -0.00949. The van der Waals surface area contributed by atoms with Crippen LogP contribution in [0.2, 0.25) is 5.04 Å². The zero-order valence-electron chi connectivity index (χ0n) is 24.5. The zero-order chi connectivity index (χ0) is 27.2. The lowest BCUT2D eigenvalue weighted by atomic mass is 9.63. The van der Waals surface area contributed by atoms with Crippen molar-refractivity contribution in [3.8, 4) is 0 Å². The molecule has 1 fully saturated rings. The van der Waals surface area contributed by atoms with Crippen LogP contribution in [-0.2, 0) is 15.8 Å². The van der Waals surface area contributed by atoms with E-state index < -0.39 is 8.32 Å². The fourth-order valence-electron chi connectivity index (χ4n) is 6.68. The molecule has 0 spiro atoms. The van der Waals surface area contributed by atoms with Gasteiger partial charge in [0.05, 0.1) is 6.61 Å². The van der Waals surface area contributed by atoms with E-state index >= 15 is 0 Å². The second kappa shape index (κ2) is 12.3. The van der Waals surface area contributed by atoms with Crippen molar-refractivity contribution < 1.29 is 9.16 Å². The van der Waals surface area contributed by atoms with Crippen molar-refractivity contribution in [3.63, 3.8) is 0 Å². The van der Waals surface area contributed by atoms with Crippen molar-refractivity contribution in [2.45, 2.75) is 85.0 Å². The van der Waals surface area contributed by atoms with Crippen LogP contribution in [0.1, 0.15) is 72.8 Å². The quantitative estimate of drug-likeness (QED) is 0.248.